The minimum atomic E-state index is 0.159. The first-order valence-corrected chi connectivity index (χ1v) is 6.61. The molecule has 4 heteroatoms. The van der Waals surface area contributed by atoms with Gasteiger partial charge in [0.15, 0.2) is 0 Å². The van der Waals surface area contributed by atoms with Gasteiger partial charge in [-0.25, -0.2) is 0 Å². The number of nitrogens with zero attached hydrogens (tertiary/aromatic N) is 1. The first-order chi connectivity index (χ1) is 7.16. The molecule has 1 aromatic rings. The number of halogens is 1. The van der Waals surface area contributed by atoms with E-state index in [0.29, 0.717) is 0 Å². The van der Waals surface area contributed by atoms with Crippen LogP contribution in [0.15, 0.2) is 27.6 Å². The third-order valence-electron chi connectivity index (χ3n) is 2.45. The molecule has 0 saturated heterocycles. The number of carbonyl (C=O) groups excluding carboxylic acids is 1. The van der Waals surface area contributed by atoms with Crippen LogP contribution in [-0.4, -0.2) is 23.1 Å². The molecule has 1 aliphatic rings. The monoisotopic (exact) mass is 285 g/mol. The van der Waals surface area contributed by atoms with Gasteiger partial charge >= 0.3 is 0 Å². The smallest absolute Gasteiger partial charge is 0.219 e. The summed E-state index contributed by atoms with van der Waals surface area (Å²) in [7, 11) is 0. The molecule has 0 radical (unpaired) electrons. The van der Waals surface area contributed by atoms with Crippen LogP contribution in [-0.2, 0) is 11.3 Å². The molecule has 0 spiro atoms. The van der Waals surface area contributed by atoms with E-state index >= 15 is 0 Å². The fourth-order valence-corrected chi connectivity index (χ4v) is 3.19. The predicted molar refractivity (Wildman–Crippen MR) is 66.0 cm³/mol. The number of benzene rings is 1. The van der Waals surface area contributed by atoms with Crippen molar-refractivity contribution < 1.29 is 4.79 Å². The van der Waals surface area contributed by atoms with Crippen molar-refractivity contribution in [2.45, 2.75) is 18.4 Å². The zero-order chi connectivity index (χ0) is 10.8. The second kappa shape index (κ2) is 4.58. The maximum absolute atomic E-state index is 11.3. The Morgan fingerprint density at radius 1 is 1.53 bits per heavy atom. The molecular formula is C11H12BrNOS. The zero-order valence-electron chi connectivity index (χ0n) is 8.50. The Hall–Kier alpha value is -0.480. The normalized spacial score (nSPS) is 15.7. The molecule has 0 fully saturated rings. The van der Waals surface area contributed by atoms with Crippen LogP contribution in [0.25, 0.3) is 0 Å². The summed E-state index contributed by atoms with van der Waals surface area (Å²) >= 11 is 5.29. The van der Waals surface area contributed by atoms with Crippen molar-refractivity contribution in [2.24, 2.45) is 0 Å². The molecule has 0 bridgehead atoms. The van der Waals surface area contributed by atoms with E-state index in [0.717, 1.165) is 23.3 Å². The summed E-state index contributed by atoms with van der Waals surface area (Å²) in [5, 5.41) is 0. The van der Waals surface area contributed by atoms with E-state index in [-0.39, 0.29) is 5.91 Å². The lowest BCUT2D eigenvalue weighted by Gasteiger charge is -2.18. The van der Waals surface area contributed by atoms with Crippen molar-refractivity contribution in [3.05, 3.63) is 28.2 Å². The molecule has 15 heavy (non-hydrogen) atoms. The van der Waals surface area contributed by atoms with Crippen LogP contribution in [0.4, 0.5) is 0 Å². The van der Waals surface area contributed by atoms with Gasteiger partial charge in [-0.3, -0.25) is 4.79 Å². The van der Waals surface area contributed by atoms with Gasteiger partial charge < -0.3 is 4.90 Å². The molecule has 0 atom stereocenters. The lowest BCUT2D eigenvalue weighted by atomic mass is 10.2. The lowest BCUT2D eigenvalue weighted by molar-refractivity contribution is -0.129. The summed E-state index contributed by atoms with van der Waals surface area (Å²) in [4.78, 5) is 14.5. The Kier molecular flexibility index (Phi) is 3.36. The summed E-state index contributed by atoms with van der Waals surface area (Å²) in [6.07, 6.45) is 0. The molecule has 1 aromatic carbocycles. The van der Waals surface area contributed by atoms with Crippen LogP contribution in [0.2, 0.25) is 0 Å². The van der Waals surface area contributed by atoms with Crippen LogP contribution in [0, 0.1) is 0 Å². The lowest BCUT2D eigenvalue weighted by Crippen LogP contribution is -2.29. The van der Waals surface area contributed by atoms with E-state index in [1.807, 2.05) is 22.7 Å². The Bertz CT molecular complexity index is 394. The number of hydrogen-bond acceptors (Lipinski definition) is 2. The first-order valence-electron chi connectivity index (χ1n) is 4.83. The largest absolute Gasteiger partial charge is 0.338 e. The van der Waals surface area contributed by atoms with E-state index in [4.69, 9.17) is 0 Å². The molecular weight excluding hydrogens is 274 g/mol. The van der Waals surface area contributed by atoms with Gasteiger partial charge in [0.05, 0.1) is 0 Å². The van der Waals surface area contributed by atoms with E-state index in [1.165, 1.54) is 10.5 Å². The molecule has 1 aliphatic heterocycles. The quantitative estimate of drug-likeness (QED) is 0.731. The second-order valence-corrected chi connectivity index (χ2v) is 5.59. The van der Waals surface area contributed by atoms with Crippen LogP contribution < -0.4 is 0 Å². The molecule has 2 nitrogen and oxygen atoms in total. The van der Waals surface area contributed by atoms with Crippen molar-refractivity contribution in [2.75, 3.05) is 12.3 Å². The highest BCUT2D eigenvalue weighted by molar-refractivity contribution is 9.10. The third kappa shape index (κ3) is 2.55. The van der Waals surface area contributed by atoms with Crippen molar-refractivity contribution in [3.63, 3.8) is 0 Å². The van der Waals surface area contributed by atoms with Gasteiger partial charge in [0.25, 0.3) is 0 Å². The Morgan fingerprint density at radius 3 is 3.07 bits per heavy atom. The van der Waals surface area contributed by atoms with Crippen LogP contribution in [0.3, 0.4) is 0 Å². The van der Waals surface area contributed by atoms with E-state index < -0.39 is 0 Å². The number of thioether (sulfide) groups is 1. The highest BCUT2D eigenvalue weighted by atomic mass is 79.9. The maximum atomic E-state index is 11.3. The average Bonchev–Trinajstić information content (AvgIpc) is 2.39. The molecule has 0 aromatic heterocycles. The van der Waals surface area contributed by atoms with Crippen molar-refractivity contribution >= 4 is 33.6 Å². The molecule has 0 aliphatic carbocycles. The van der Waals surface area contributed by atoms with E-state index in [1.54, 1.807) is 6.92 Å². The first kappa shape index (κ1) is 11.0. The molecule has 2 rings (SSSR count). The summed E-state index contributed by atoms with van der Waals surface area (Å²) < 4.78 is 1.10. The van der Waals surface area contributed by atoms with E-state index in [2.05, 4.69) is 28.1 Å². The Labute approximate surface area is 102 Å². The van der Waals surface area contributed by atoms with Crippen LogP contribution in [0.5, 0.6) is 0 Å². The number of hydrogen-bond donors (Lipinski definition) is 0. The predicted octanol–water partition coefficient (Wildman–Crippen LogP) is 2.90. The molecule has 1 heterocycles. The highest BCUT2D eigenvalue weighted by Crippen LogP contribution is 2.29. The van der Waals surface area contributed by atoms with Gasteiger partial charge in [-0.1, -0.05) is 22.0 Å². The van der Waals surface area contributed by atoms with Gasteiger partial charge in [-0.2, -0.15) is 0 Å². The maximum Gasteiger partial charge on any atom is 0.219 e. The van der Waals surface area contributed by atoms with Gasteiger partial charge in [-0.05, 0) is 17.7 Å². The summed E-state index contributed by atoms with van der Waals surface area (Å²) in [6, 6.07) is 6.25. The number of rotatable bonds is 0. The minimum absolute atomic E-state index is 0.159. The SMILES string of the molecule is CC(=O)N1CCSc2cc(Br)ccc2C1. The number of fused-ring (bicyclic) bond motifs is 1. The minimum Gasteiger partial charge on any atom is -0.338 e. The Balaban J connectivity index is 2.29. The van der Waals surface area contributed by atoms with Gasteiger partial charge in [0.2, 0.25) is 5.91 Å². The average molecular weight is 286 g/mol. The Morgan fingerprint density at radius 2 is 2.33 bits per heavy atom. The van der Waals surface area contributed by atoms with Crippen molar-refractivity contribution in [3.8, 4) is 0 Å². The van der Waals surface area contributed by atoms with Crippen LogP contribution >= 0.6 is 27.7 Å². The molecule has 0 saturated carbocycles. The fraction of sp³-hybridized carbons (Fsp3) is 0.364. The fourth-order valence-electron chi connectivity index (χ4n) is 1.61. The van der Waals surface area contributed by atoms with Crippen molar-refractivity contribution in [1.82, 2.24) is 4.90 Å². The van der Waals surface area contributed by atoms with Gasteiger partial charge in [0.1, 0.15) is 0 Å². The topological polar surface area (TPSA) is 20.3 Å². The molecule has 1 amide bonds. The summed E-state index contributed by atoms with van der Waals surface area (Å²) in [6.45, 7) is 3.21. The zero-order valence-corrected chi connectivity index (χ0v) is 10.9. The van der Waals surface area contributed by atoms with Crippen molar-refractivity contribution in [1.29, 1.82) is 0 Å². The third-order valence-corrected chi connectivity index (χ3v) is 4.03. The van der Waals surface area contributed by atoms with Crippen LogP contribution in [0.1, 0.15) is 12.5 Å². The summed E-state index contributed by atoms with van der Waals surface area (Å²) in [5.74, 6) is 1.13. The standard InChI is InChI=1S/C11H12BrNOS/c1-8(14)13-4-5-15-11-6-10(12)3-2-9(11)7-13/h2-3,6H,4-5,7H2,1H3. The number of amides is 1. The molecule has 80 valence electrons. The van der Waals surface area contributed by atoms with Gasteiger partial charge in [-0.15, -0.1) is 11.8 Å². The molecule has 0 N–H and O–H groups in total. The second-order valence-electron chi connectivity index (χ2n) is 3.54. The van der Waals surface area contributed by atoms with Gasteiger partial charge in [0, 0.05) is 35.1 Å². The highest BCUT2D eigenvalue weighted by Gasteiger charge is 2.16. The number of carbonyl (C=O) groups is 1. The molecule has 0 unspecified atom stereocenters. The summed E-state index contributed by atoms with van der Waals surface area (Å²) in [5.41, 5.74) is 1.25. The van der Waals surface area contributed by atoms with E-state index in [9.17, 15) is 4.79 Å².